The summed E-state index contributed by atoms with van der Waals surface area (Å²) in [6.07, 6.45) is 31.5. The summed E-state index contributed by atoms with van der Waals surface area (Å²) in [4.78, 5) is 87.7. The lowest BCUT2D eigenvalue weighted by atomic mass is 9.97. The van der Waals surface area contributed by atoms with Gasteiger partial charge < -0.3 is 75.4 Å². The van der Waals surface area contributed by atoms with E-state index in [1.807, 2.05) is 94.9 Å². The fourth-order valence-corrected chi connectivity index (χ4v) is 19.8. The predicted molar refractivity (Wildman–Crippen MR) is 537 cm³/mol. The van der Waals surface area contributed by atoms with Crippen LogP contribution < -0.4 is 43.0 Å². The highest BCUT2D eigenvalue weighted by Crippen LogP contribution is 2.35. The topological polar surface area (TPSA) is 462 Å². The monoisotopic (exact) mass is 1950 g/mol. The number of hydrogen-bond acceptors (Lipinski definition) is 30. The molecular weight excluding hydrogens is 1820 g/mol. The largest absolute Gasteiger partial charge is 0.366 e. The molecule has 6 atom stereocenters. The molecule has 9 aliphatic rings. The van der Waals surface area contributed by atoms with Crippen LogP contribution in [0.25, 0.3) is 11.4 Å². The van der Waals surface area contributed by atoms with Crippen molar-refractivity contribution in [2.45, 2.75) is 233 Å². The number of carbonyl (C=O) groups excluding carboxylic acids is 3. The van der Waals surface area contributed by atoms with E-state index in [1.165, 1.54) is 67.6 Å². The van der Waals surface area contributed by atoms with Gasteiger partial charge in [0.05, 0.1) is 9.85 Å². The van der Waals surface area contributed by atoms with Crippen LogP contribution in [0.4, 0.5) is 15.8 Å². The molecular formula is C107H132FN23O12. The second-order valence-corrected chi connectivity index (χ2v) is 37.9. The van der Waals surface area contributed by atoms with E-state index in [1.54, 1.807) is 60.8 Å². The molecule has 2 unspecified atom stereocenters. The Morgan fingerprint density at radius 1 is 0.392 bits per heavy atom. The summed E-state index contributed by atoms with van der Waals surface area (Å²) in [5.41, 5.74) is 13.2. The molecule has 9 saturated heterocycles. The van der Waals surface area contributed by atoms with E-state index < -0.39 is 15.8 Å². The van der Waals surface area contributed by atoms with Gasteiger partial charge >= 0.3 is 0 Å². The molecule has 754 valence electrons. The van der Waals surface area contributed by atoms with Crippen LogP contribution in [0.2, 0.25) is 0 Å². The minimum absolute atomic E-state index is 0.0774. The van der Waals surface area contributed by atoms with Crippen LogP contribution in [0.1, 0.15) is 254 Å². The van der Waals surface area contributed by atoms with Crippen molar-refractivity contribution in [3.63, 3.8) is 0 Å². The zero-order valence-corrected chi connectivity index (χ0v) is 81.2. The zero-order valence-electron chi connectivity index (χ0n) is 81.2. The Kier molecular flexibility index (Phi) is 39.3. The maximum atomic E-state index is 12.8. The standard InChI is InChI=1S/C20H27N3O2.C19H25N3O3.C14H16FN3O.C14H16N4O3.C14H17N3O.C13H16N4O.C13H15N3O/c1-2-11-23(18-12-16-8-9-17(13-18)22-16)19(24)10-5-14-3-6-15(7-4-14)20(21)25;1-2-11-21(18-12-15-6-7-16(13-18)20-15)19(23)10-5-14-3-8-17(9-4-14)22(24)25;15-12-3-1-10(2-4-12)9-13-17-14(19-18-13)11-5-7-16-8-6-11;19-18(20)12-3-1-10(2-4-12)9-13-16-14(21-17-13)11-5-7-15-8-6-11;1-2-4-11(5-3-1)10-13-16-14(18-17-13)12-6-8-15-9-7-12;1-2-10(9-15-5-1)8-12-16-13(18-17-12)11-3-6-14-7-4-11;1-2-4-10(5-3-1)12-15-13(17-16-12)11-6-8-14-9-7-11/h2-4,6-7,16-18,22H,1,5,8-13H2,(H2,21,25);2-4,8-9,15-16,18,20H,1,5-7,10-13H2;1-4,11,16H,5-9H2;1-4,11,15H,5-9H2;1-5,12,15H,6-10H2;1-2,5,9,11,14H,3-4,6-8H2;1-5,11,14H,6-9H2/t16-,17+,18?;15-,16+,18?;;;;;. The molecule has 12 aromatic rings. The van der Waals surface area contributed by atoms with Crippen molar-refractivity contribution in [1.29, 1.82) is 0 Å². The average molecular weight is 1950 g/mol. The molecule has 35 nitrogen and oxygen atoms in total. The molecule has 0 saturated carbocycles. The number of aryl methyl sites for hydroxylation is 2. The molecule has 6 aromatic carbocycles. The number of nitro benzene ring substituents is 2. The van der Waals surface area contributed by atoms with Gasteiger partial charge in [0.2, 0.25) is 53.0 Å². The molecule has 9 aliphatic heterocycles. The second-order valence-electron chi connectivity index (χ2n) is 37.9. The lowest BCUT2D eigenvalue weighted by molar-refractivity contribution is -0.385. The minimum atomic E-state index is -0.430. The second kappa shape index (κ2) is 54.1. The fourth-order valence-electron chi connectivity index (χ4n) is 19.8. The molecule has 36 heteroatoms. The lowest BCUT2D eigenvalue weighted by Gasteiger charge is -2.37. The third-order valence-electron chi connectivity index (χ3n) is 27.6. The van der Waals surface area contributed by atoms with Crippen molar-refractivity contribution >= 4 is 29.1 Å². The molecule has 9 N–H and O–H groups in total. The van der Waals surface area contributed by atoms with Crippen LogP contribution in [-0.2, 0) is 48.1 Å². The van der Waals surface area contributed by atoms with Crippen LogP contribution in [0, 0.1) is 26.0 Å². The molecule has 4 bridgehead atoms. The van der Waals surface area contributed by atoms with E-state index in [-0.39, 0.29) is 29.0 Å². The molecule has 0 radical (unpaired) electrons. The van der Waals surface area contributed by atoms with Crippen LogP contribution in [0.3, 0.4) is 0 Å². The third kappa shape index (κ3) is 32.0. The summed E-state index contributed by atoms with van der Waals surface area (Å²) < 4.78 is 39.6. The van der Waals surface area contributed by atoms with Crippen molar-refractivity contribution in [3.8, 4) is 11.4 Å². The Labute approximate surface area is 832 Å². The Bertz CT molecular complexity index is 5670. The summed E-state index contributed by atoms with van der Waals surface area (Å²) in [6, 6.07) is 53.4. The molecule has 6 aromatic heterocycles. The van der Waals surface area contributed by atoms with E-state index in [2.05, 4.69) is 118 Å². The summed E-state index contributed by atoms with van der Waals surface area (Å²) in [5, 5.41) is 65.4. The van der Waals surface area contributed by atoms with E-state index in [4.69, 9.17) is 28.3 Å². The minimum Gasteiger partial charge on any atom is -0.366 e. The number of non-ortho nitro benzene ring substituents is 2. The number of nitrogens with two attached hydrogens (primary N) is 1. The van der Waals surface area contributed by atoms with Gasteiger partial charge in [0.15, 0.2) is 23.3 Å². The van der Waals surface area contributed by atoms with Gasteiger partial charge in [0, 0.05) is 165 Å². The first-order valence-electron chi connectivity index (χ1n) is 50.5. The molecule has 143 heavy (non-hydrogen) atoms. The number of piperidine rings is 7. The van der Waals surface area contributed by atoms with Crippen LogP contribution in [-0.4, -0.2) is 208 Å². The summed E-state index contributed by atoms with van der Waals surface area (Å²) in [5.74, 6) is 8.98. The maximum Gasteiger partial charge on any atom is 0.269 e. The number of fused-ring (bicyclic) bond motifs is 4. The summed E-state index contributed by atoms with van der Waals surface area (Å²) in [7, 11) is 0. The molecule has 0 spiro atoms. The molecule has 15 heterocycles. The Hall–Kier alpha value is -13.5. The highest BCUT2D eigenvalue weighted by molar-refractivity contribution is 5.92. The molecule has 9 fully saturated rings. The van der Waals surface area contributed by atoms with Gasteiger partial charge in [-0.1, -0.05) is 153 Å². The molecule has 0 aliphatic carbocycles. The normalized spacial score (nSPS) is 19.5. The van der Waals surface area contributed by atoms with Gasteiger partial charge in [-0.05, 0) is 258 Å². The van der Waals surface area contributed by atoms with E-state index in [9.17, 15) is 39.0 Å². The number of primary amides is 1. The Balaban J connectivity index is 0.000000126. The van der Waals surface area contributed by atoms with E-state index in [0.717, 1.165) is 230 Å². The van der Waals surface area contributed by atoms with Gasteiger partial charge in [-0.15, -0.1) is 13.2 Å². The number of pyridine rings is 1. The van der Waals surface area contributed by atoms with Gasteiger partial charge in [0.1, 0.15) is 5.82 Å². The highest BCUT2D eigenvalue weighted by Gasteiger charge is 2.40. The van der Waals surface area contributed by atoms with Gasteiger partial charge in [0.25, 0.3) is 11.4 Å². The highest BCUT2D eigenvalue weighted by atomic mass is 19.1. The first-order valence-corrected chi connectivity index (χ1v) is 50.5. The average Bonchev–Trinajstić information content (AvgIpc) is 1.68. The predicted octanol–water partition coefficient (Wildman–Crippen LogP) is 15.0. The van der Waals surface area contributed by atoms with Gasteiger partial charge in [-0.2, -0.15) is 24.9 Å². The van der Waals surface area contributed by atoms with Crippen LogP contribution >= 0.6 is 0 Å². The number of carbonyl (C=O) groups is 3. The van der Waals surface area contributed by atoms with Crippen molar-refractivity contribution in [2.75, 3.05) is 78.5 Å². The van der Waals surface area contributed by atoms with Crippen molar-refractivity contribution in [3.05, 3.63) is 325 Å². The number of nitrogens with one attached hydrogen (secondary N) is 7. The SMILES string of the molecule is C=CCN(C(=O)CCc1ccc(C(N)=O)cc1)C1C[C@H]2CC[C@@H](C1)N2.C=CCN(C(=O)CCc1ccc([N+](=O)[O-])cc1)C1C[C@H]2CC[C@@H](C1)N2.Fc1ccc(Cc2noc(C3CCNCC3)n2)cc1.O=[N+]([O-])c1ccc(Cc2noc(C3CCNCC3)n2)cc1.c1ccc(-c2noc(C3CCNCC3)n2)cc1.c1ccc(Cc2noc(C3CCNCC3)n2)cc1.c1cncc(Cc2noc(C3CCNCC3)n2)c1. The Morgan fingerprint density at radius 2 is 0.706 bits per heavy atom. The van der Waals surface area contributed by atoms with E-state index >= 15 is 0 Å². The number of nitrogens with zero attached hydrogens (tertiary/aromatic N) is 15. The van der Waals surface area contributed by atoms with E-state index in [0.29, 0.717) is 153 Å². The number of halogens is 1. The number of nitro groups is 2. The third-order valence-corrected chi connectivity index (χ3v) is 27.6. The number of rotatable bonds is 29. The number of amides is 3. The molecule has 21 rings (SSSR count). The van der Waals surface area contributed by atoms with Crippen molar-refractivity contribution < 1.29 is 51.2 Å². The number of hydrogen-bond donors (Lipinski definition) is 8. The fraction of sp³-hybridized carbons (Fsp3) is 0.458. The first-order chi connectivity index (χ1) is 69.9. The van der Waals surface area contributed by atoms with Crippen molar-refractivity contribution in [1.82, 2.24) is 103 Å². The quantitative estimate of drug-likeness (QED) is 0.0123. The van der Waals surface area contributed by atoms with Gasteiger partial charge in [-0.3, -0.25) is 39.6 Å². The molecule has 3 amide bonds. The number of benzene rings is 6. The summed E-state index contributed by atoms with van der Waals surface area (Å²) >= 11 is 0. The van der Waals surface area contributed by atoms with Crippen LogP contribution in [0.15, 0.2) is 230 Å². The Morgan fingerprint density at radius 3 is 1.05 bits per heavy atom. The number of aromatic nitrogens is 11. The maximum absolute atomic E-state index is 12.8. The van der Waals surface area contributed by atoms with Gasteiger partial charge in [-0.25, -0.2) is 4.39 Å². The first kappa shape index (κ1) is 104. The smallest absolute Gasteiger partial charge is 0.269 e. The summed E-state index contributed by atoms with van der Waals surface area (Å²) in [6.45, 7) is 19.0. The lowest BCUT2D eigenvalue weighted by Crippen LogP contribution is -2.50. The van der Waals surface area contributed by atoms with Crippen molar-refractivity contribution in [2.24, 2.45) is 5.73 Å². The zero-order chi connectivity index (χ0) is 99.3. The van der Waals surface area contributed by atoms with Crippen LogP contribution in [0.5, 0.6) is 0 Å².